The lowest BCUT2D eigenvalue weighted by atomic mass is 10.0. The van der Waals surface area contributed by atoms with Gasteiger partial charge in [-0.3, -0.25) is 14.8 Å². The molecule has 2 aromatic rings. The first-order valence-corrected chi connectivity index (χ1v) is 9.56. The van der Waals surface area contributed by atoms with E-state index >= 15 is 0 Å². The van der Waals surface area contributed by atoms with Gasteiger partial charge in [0.1, 0.15) is 5.76 Å². The lowest BCUT2D eigenvalue weighted by molar-refractivity contribution is -0.139. The molecule has 0 radical (unpaired) electrons. The molecule has 1 N–H and O–H groups in total. The van der Waals surface area contributed by atoms with Crippen LogP contribution in [0.15, 0.2) is 47.1 Å². The fourth-order valence-electron chi connectivity index (χ4n) is 3.90. The number of benzene rings is 1. The number of hydrogen-bond donors (Lipinski definition) is 1. The van der Waals surface area contributed by atoms with Gasteiger partial charge in [0.15, 0.2) is 5.11 Å². The van der Waals surface area contributed by atoms with Gasteiger partial charge in [0.25, 0.3) is 0 Å². The molecule has 1 aliphatic carbocycles. The molecule has 1 aromatic carbocycles. The molecule has 6 heteroatoms. The maximum Gasteiger partial charge on any atom is 0.241 e. The lowest BCUT2D eigenvalue weighted by Gasteiger charge is -2.30. The Labute approximate surface area is 158 Å². The van der Waals surface area contributed by atoms with Crippen LogP contribution in [0.2, 0.25) is 0 Å². The minimum Gasteiger partial charge on any atom is -0.467 e. The Morgan fingerprint density at radius 1 is 1.12 bits per heavy atom. The smallest absolute Gasteiger partial charge is 0.241 e. The number of furan rings is 1. The zero-order chi connectivity index (χ0) is 17.9. The fourth-order valence-corrected chi connectivity index (χ4v) is 4.16. The molecule has 1 fully saturated rings. The molecular formula is C20H23N3O2S. The van der Waals surface area contributed by atoms with Gasteiger partial charge in [-0.25, -0.2) is 0 Å². The van der Waals surface area contributed by atoms with E-state index in [-0.39, 0.29) is 5.91 Å². The molecular weight excluding hydrogens is 346 g/mol. The van der Waals surface area contributed by atoms with Crippen molar-refractivity contribution in [2.24, 2.45) is 5.92 Å². The minimum atomic E-state index is 0.169. The summed E-state index contributed by atoms with van der Waals surface area (Å²) in [6, 6.07) is 12.3. The maximum absolute atomic E-state index is 12.9. The highest BCUT2D eigenvalue weighted by atomic mass is 32.1. The quantitative estimate of drug-likeness (QED) is 0.840. The van der Waals surface area contributed by atoms with Crippen LogP contribution < -0.4 is 5.32 Å². The van der Waals surface area contributed by atoms with Crippen molar-refractivity contribution in [3.63, 3.8) is 0 Å². The maximum atomic E-state index is 12.9. The van der Waals surface area contributed by atoms with Crippen molar-refractivity contribution in [3.8, 4) is 0 Å². The van der Waals surface area contributed by atoms with Gasteiger partial charge < -0.3 is 9.73 Å². The first-order valence-electron chi connectivity index (χ1n) is 9.15. The van der Waals surface area contributed by atoms with Gasteiger partial charge in [0, 0.05) is 19.5 Å². The molecule has 1 aliphatic heterocycles. The molecule has 4 rings (SSSR count). The van der Waals surface area contributed by atoms with Crippen molar-refractivity contribution in [1.82, 2.24) is 15.3 Å². The molecule has 1 aromatic heterocycles. The lowest BCUT2D eigenvalue weighted by Crippen LogP contribution is -2.49. The molecule has 136 valence electrons. The largest absolute Gasteiger partial charge is 0.467 e. The topological polar surface area (TPSA) is 48.7 Å². The van der Waals surface area contributed by atoms with Crippen molar-refractivity contribution >= 4 is 23.2 Å². The predicted molar refractivity (Wildman–Crippen MR) is 103 cm³/mol. The molecule has 5 nitrogen and oxygen atoms in total. The average molecular weight is 369 g/mol. The van der Waals surface area contributed by atoms with E-state index in [4.69, 9.17) is 16.6 Å². The molecule has 0 atom stereocenters. The van der Waals surface area contributed by atoms with E-state index in [0.29, 0.717) is 24.0 Å². The second kappa shape index (κ2) is 7.50. The third-order valence-corrected chi connectivity index (χ3v) is 5.50. The van der Waals surface area contributed by atoms with E-state index in [1.807, 2.05) is 22.2 Å². The monoisotopic (exact) mass is 369 g/mol. The van der Waals surface area contributed by atoms with E-state index in [1.165, 1.54) is 11.1 Å². The number of nitrogens with one attached hydrogen (secondary N) is 1. The Bertz CT molecular complexity index is 765. The summed E-state index contributed by atoms with van der Waals surface area (Å²) in [6.07, 6.45) is 5.16. The van der Waals surface area contributed by atoms with E-state index < -0.39 is 0 Å². The van der Waals surface area contributed by atoms with Crippen molar-refractivity contribution in [3.05, 3.63) is 59.5 Å². The van der Waals surface area contributed by atoms with Crippen molar-refractivity contribution in [1.29, 1.82) is 0 Å². The molecule has 1 saturated heterocycles. The Kier molecular flexibility index (Phi) is 4.93. The van der Waals surface area contributed by atoms with Gasteiger partial charge in [-0.2, -0.15) is 0 Å². The number of amides is 1. The summed E-state index contributed by atoms with van der Waals surface area (Å²) >= 11 is 5.50. The third kappa shape index (κ3) is 3.60. The van der Waals surface area contributed by atoms with Crippen LogP contribution in [0.25, 0.3) is 0 Å². The highest BCUT2D eigenvalue weighted by Crippen LogP contribution is 2.29. The van der Waals surface area contributed by atoms with Crippen LogP contribution in [0.1, 0.15) is 29.7 Å². The van der Waals surface area contributed by atoms with Crippen LogP contribution >= 0.6 is 12.2 Å². The molecule has 0 bridgehead atoms. The van der Waals surface area contributed by atoms with Crippen molar-refractivity contribution in [2.45, 2.75) is 32.2 Å². The summed E-state index contributed by atoms with van der Waals surface area (Å²) in [5.74, 6) is 1.39. The Hall–Kier alpha value is -2.34. The summed E-state index contributed by atoms with van der Waals surface area (Å²) < 4.78 is 5.32. The van der Waals surface area contributed by atoms with Gasteiger partial charge in [0.2, 0.25) is 5.91 Å². The highest BCUT2D eigenvalue weighted by Gasteiger charge is 2.31. The molecule has 0 unspecified atom stereocenters. The third-order valence-electron chi connectivity index (χ3n) is 5.15. The SMILES string of the molecule is O=C(CC1Cc2ccccc2C1)N1CCCN1C(=S)NCc1ccco1. The number of hydrogen-bond acceptors (Lipinski definition) is 3. The number of nitrogens with zero attached hydrogens (tertiary/aromatic N) is 2. The van der Waals surface area contributed by atoms with Crippen molar-refractivity contribution < 1.29 is 9.21 Å². The second-order valence-corrected chi connectivity index (χ2v) is 7.37. The Balaban J connectivity index is 1.33. The van der Waals surface area contributed by atoms with Gasteiger partial charge in [-0.1, -0.05) is 24.3 Å². The van der Waals surface area contributed by atoms with Gasteiger partial charge >= 0.3 is 0 Å². The molecule has 1 amide bonds. The minimum absolute atomic E-state index is 0.169. The van der Waals surface area contributed by atoms with Crippen LogP contribution in [-0.2, 0) is 24.2 Å². The highest BCUT2D eigenvalue weighted by molar-refractivity contribution is 7.80. The number of rotatable bonds is 4. The number of thiocarbonyl (C=S) groups is 1. The van der Waals surface area contributed by atoms with E-state index in [9.17, 15) is 4.79 Å². The summed E-state index contributed by atoms with van der Waals surface area (Å²) in [5, 5.41) is 7.50. The first kappa shape index (κ1) is 17.1. The Morgan fingerprint density at radius 2 is 1.85 bits per heavy atom. The summed E-state index contributed by atoms with van der Waals surface area (Å²) in [5.41, 5.74) is 2.78. The molecule has 2 heterocycles. The fraction of sp³-hybridized carbons (Fsp3) is 0.400. The van der Waals surface area contributed by atoms with Crippen molar-refractivity contribution in [2.75, 3.05) is 13.1 Å². The Morgan fingerprint density at radius 3 is 2.54 bits per heavy atom. The zero-order valence-electron chi connectivity index (χ0n) is 14.7. The number of hydrazine groups is 1. The van der Waals surface area contributed by atoms with Gasteiger partial charge in [-0.05, 0) is 60.7 Å². The molecule has 0 spiro atoms. The van der Waals surface area contributed by atoms with E-state index in [2.05, 4.69) is 29.6 Å². The predicted octanol–water partition coefficient (Wildman–Crippen LogP) is 2.91. The van der Waals surface area contributed by atoms with Crippen LogP contribution in [0, 0.1) is 5.92 Å². The summed E-state index contributed by atoms with van der Waals surface area (Å²) in [7, 11) is 0. The normalized spacial score (nSPS) is 16.8. The molecule has 2 aliphatic rings. The molecule has 26 heavy (non-hydrogen) atoms. The second-order valence-electron chi connectivity index (χ2n) is 6.98. The molecule has 0 saturated carbocycles. The first-order chi connectivity index (χ1) is 12.7. The van der Waals surface area contributed by atoms with Crippen LogP contribution in [-0.4, -0.2) is 34.1 Å². The summed E-state index contributed by atoms with van der Waals surface area (Å²) in [6.45, 7) is 2.05. The van der Waals surface area contributed by atoms with Gasteiger partial charge in [-0.15, -0.1) is 0 Å². The zero-order valence-corrected chi connectivity index (χ0v) is 15.5. The van der Waals surface area contributed by atoms with E-state index in [1.54, 1.807) is 6.26 Å². The number of carbonyl (C=O) groups is 1. The number of carbonyl (C=O) groups excluding carboxylic acids is 1. The van der Waals surface area contributed by atoms with Crippen LogP contribution in [0.3, 0.4) is 0 Å². The van der Waals surface area contributed by atoms with E-state index in [0.717, 1.165) is 38.1 Å². The average Bonchev–Trinajstić information content (AvgIpc) is 3.38. The number of fused-ring (bicyclic) bond motifs is 1. The van der Waals surface area contributed by atoms with Gasteiger partial charge in [0.05, 0.1) is 12.8 Å². The summed E-state index contributed by atoms with van der Waals surface area (Å²) in [4.78, 5) is 12.9. The van der Waals surface area contributed by atoms with Crippen LogP contribution in [0.5, 0.6) is 0 Å². The standard InChI is InChI=1S/C20H23N3O2S/c24-19(13-15-11-16-5-1-2-6-17(16)12-15)22-8-4-9-23(22)20(26)21-14-18-7-3-10-25-18/h1-3,5-7,10,15H,4,8-9,11-14H2,(H,21,26). The van der Waals surface area contributed by atoms with Crippen LogP contribution in [0.4, 0.5) is 0 Å².